The van der Waals surface area contributed by atoms with E-state index < -0.39 is 5.82 Å². The molecule has 182 valence electrons. The van der Waals surface area contributed by atoms with E-state index in [9.17, 15) is 14.4 Å². The quantitative estimate of drug-likeness (QED) is 0.211. The molecule has 1 aromatic carbocycles. The summed E-state index contributed by atoms with van der Waals surface area (Å²) < 4.78 is 18.5. The molecule has 7 heteroatoms. The van der Waals surface area contributed by atoms with Crippen molar-refractivity contribution >= 4 is 17.2 Å². The van der Waals surface area contributed by atoms with Crippen LogP contribution < -0.4 is 16.1 Å². The van der Waals surface area contributed by atoms with Crippen molar-refractivity contribution < 1.29 is 19.1 Å². The number of unbranched alkanes of at least 4 members (excludes halogenated alkanes) is 4. The van der Waals surface area contributed by atoms with Crippen molar-refractivity contribution in [3.05, 3.63) is 47.0 Å². The fraction of sp³-hybridized carbons (Fsp3) is 0.577. The first-order valence-electron chi connectivity index (χ1n) is 12.2. The number of carbonyl (C=O) groups is 1. The molecule has 0 heterocycles. The Morgan fingerprint density at radius 2 is 2.00 bits per heavy atom. The van der Waals surface area contributed by atoms with Gasteiger partial charge in [0.2, 0.25) is 0 Å². The Bertz CT molecular complexity index is 868. The van der Waals surface area contributed by atoms with Crippen molar-refractivity contribution in [2.75, 3.05) is 31.0 Å². The number of nitrogens with zero attached hydrogens (tertiary/aromatic N) is 1. The van der Waals surface area contributed by atoms with Crippen LogP contribution >= 0.6 is 0 Å². The summed E-state index contributed by atoms with van der Waals surface area (Å²) in [5.41, 5.74) is 9.27. The Balaban J connectivity index is 1.26. The molecule has 33 heavy (non-hydrogen) atoms. The first-order valence-corrected chi connectivity index (χ1v) is 12.2. The second kappa shape index (κ2) is 12.8. The maximum atomic E-state index is 13.1. The lowest BCUT2D eigenvalue weighted by Gasteiger charge is -2.31. The summed E-state index contributed by atoms with van der Waals surface area (Å²) >= 11 is 0. The van der Waals surface area contributed by atoms with Gasteiger partial charge in [-0.2, -0.15) is 0 Å². The zero-order chi connectivity index (χ0) is 23.6. The first kappa shape index (κ1) is 25.2. The average molecular weight is 460 g/mol. The van der Waals surface area contributed by atoms with Crippen LogP contribution in [-0.2, 0) is 9.53 Å². The number of rotatable bonds is 13. The van der Waals surface area contributed by atoms with E-state index in [1.165, 1.54) is 29.3 Å². The number of ether oxygens (including phenoxy) is 1. The van der Waals surface area contributed by atoms with E-state index in [1.807, 2.05) is 0 Å². The van der Waals surface area contributed by atoms with Crippen LogP contribution in [0.1, 0.15) is 70.6 Å². The molecule has 6 nitrogen and oxygen atoms in total. The molecule has 2 aliphatic rings. The van der Waals surface area contributed by atoms with Crippen molar-refractivity contribution in [1.82, 2.24) is 5.32 Å². The molecule has 0 saturated heterocycles. The van der Waals surface area contributed by atoms with E-state index in [2.05, 4.69) is 11.4 Å². The minimum atomic E-state index is -0.415. The summed E-state index contributed by atoms with van der Waals surface area (Å²) in [5.74, 6) is 0.929. The number of anilines is 2. The van der Waals surface area contributed by atoms with Crippen LogP contribution in [0.3, 0.4) is 0 Å². The Hall–Kier alpha value is -2.38. The SMILES string of the molecule is COC1=CC2=C(CC1)C(NCC(=O)CCCCCCCN(O)c1ccc(F)cc1N)CCC2. The largest absolute Gasteiger partial charge is 0.501 e. The lowest BCUT2D eigenvalue weighted by Crippen LogP contribution is -2.37. The van der Waals surface area contributed by atoms with Crippen LogP contribution in [0.2, 0.25) is 0 Å². The van der Waals surface area contributed by atoms with Crippen LogP contribution in [0, 0.1) is 5.82 Å². The molecule has 0 amide bonds. The van der Waals surface area contributed by atoms with Gasteiger partial charge in [0.15, 0.2) is 0 Å². The molecule has 1 aromatic rings. The first-order chi connectivity index (χ1) is 16.0. The summed E-state index contributed by atoms with van der Waals surface area (Å²) in [6, 6.07) is 4.30. The Morgan fingerprint density at radius 3 is 2.79 bits per heavy atom. The van der Waals surface area contributed by atoms with Gasteiger partial charge in [-0.05, 0) is 73.9 Å². The highest BCUT2D eigenvalue weighted by molar-refractivity contribution is 5.80. The van der Waals surface area contributed by atoms with E-state index in [4.69, 9.17) is 10.5 Å². The minimum absolute atomic E-state index is 0.227. The van der Waals surface area contributed by atoms with E-state index >= 15 is 0 Å². The van der Waals surface area contributed by atoms with Gasteiger partial charge in [-0.1, -0.05) is 19.3 Å². The molecule has 0 fully saturated rings. The van der Waals surface area contributed by atoms with Gasteiger partial charge in [0, 0.05) is 25.4 Å². The van der Waals surface area contributed by atoms with Gasteiger partial charge in [0.25, 0.3) is 0 Å². The molecule has 0 radical (unpaired) electrons. The summed E-state index contributed by atoms with van der Waals surface area (Å²) in [7, 11) is 1.74. The summed E-state index contributed by atoms with van der Waals surface area (Å²) in [6.45, 7) is 0.889. The fourth-order valence-electron chi connectivity index (χ4n) is 4.79. The van der Waals surface area contributed by atoms with Crippen LogP contribution in [-0.4, -0.2) is 37.2 Å². The van der Waals surface area contributed by atoms with Crippen molar-refractivity contribution in [2.24, 2.45) is 0 Å². The second-order valence-corrected chi connectivity index (χ2v) is 9.07. The number of allylic oxidation sites excluding steroid dienone is 3. The van der Waals surface area contributed by atoms with Crippen LogP contribution in [0.15, 0.2) is 41.2 Å². The third kappa shape index (κ3) is 7.57. The summed E-state index contributed by atoms with van der Waals surface area (Å²) in [5, 5.41) is 14.7. The van der Waals surface area contributed by atoms with E-state index in [1.54, 1.807) is 7.11 Å². The zero-order valence-electron chi connectivity index (χ0n) is 19.7. The molecule has 0 bridgehead atoms. The summed E-state index contributed by atoms with van der Waals surface area (Å²) in [4.78, 5) is 12.3. The number of ketones is 1. The van der Waals surface area contributed by atoms with Gasteiger partial charge in [-0.3, -0.25) is 15.1 Å². The number of nitrogen functional groups attached to an aromatic ring is 1. The molecule has 0 aromatic heterocycles. The highest BCUT2D eigenvalue weighted by atomic mass is 19.1. The molecule has 0 saturated carbocycles. The molecule has 0 spiro atoms. The molecule has 1 atom stereocenters. The van der Waals surface area contributed by atoms with Crippen molar-refractivity contribution in [2.45, 2.75) is 76.7 Å². The Kier molecular flexibility index (Phi) is 9.76. The van der Waals surface area contributed by atoms with Crippen molar-refractivity contribution in [3.8, 4) is 0 Å². The predicted molar refractivity (Wildman–Crippen MR) is 130 cm³/mol. The van der Waals surface area contributed by atoms with Gasteiger partial charge >= 0.3 is 0 Å². The lowest BCUT2D eigenvalue weighted by molar-refractivity contribution is -0.118. The van der Waals surface area contributed by atoms with Crippen LogP contribution in [0.4, 0.5) is 15.8 Å². The fourth-order valence-corrected chi connectivity index (χ4v) is 4.79. The third-order valence-electron chi connectivity index (χ3n) is 6.65. The number of benzene rings is 1. The standard InChI is InChI=1S/C26H38FN3O3/c1-33-22-12-13-23-19(16-22)8-7-10-25(23)29-18-21(31)9-5-3-2-4-6-15-30(32)26-14-11-20(27)17-24(26)28/h11,14,16-17,25,29,32H,2-10,12-13,15,18,28H2,1H3. The Labute approximate surface area is 196 Å². The van der Waals surface area contributed by atoms with Gasteiger partial charge in [-0.15, -0.1) is 0 Å². The highest BCUT2D eigenvalue weighted by Crippen LogP contribution is 2.34. The average Bonchev–Trinajstić information content (AvgIpc) is 2.81. The lowest BCUT2D eigenvalue weighted by atomic mass is 9.82. The molecule has 2 aliphatic carbocycles. The molecule has 4 N–H and O–H groups in total. The van der Waals surface area contributed by atoms with E-state index in [0.29, 0.717) is 31.2 Å². The smallest absolute Gasteiger partial charge is 0.146 e. The molecule has 0 aliphatic heterocycles. The third-order valence-corrected chi connectivity index (χ3v) is 6.65. The number of nitrogens with two attached hydrogens (primary N) is 1. The van der Waals surface area contributed by atoms with E-state index in [-0.39, 0.29) is 11.5 Å². The monoisotopic (exact) mass is 459 g/mol. The van der Waals surface area contributed by atoms with Crippen molar-refractivity contribution in [3.63, 3.8) is 0 Å². The number of halogens is 1. The summed E-state index contributed by atoms with van der Waals surface area (Å²) in [6.07, 6.45) is 12.8. The maximum Gasteiger partial charge on any atom is 0.146 e. The number of hydrogen-bond donors (Lipinski definition) is 3. The predicted octanol–water partition coefficient (Wildman–Crippen LogP) is 5.28. The zero-order valence-corrected chi connectivity index (χ0v) is 19.7. The van der Waals surface area contributed by atoms with Crippen LogP contribution in [0.25, 0.3) is 0 Å². The molecular weight excluding hydrogens is 421 g/mol. The highest BCUT2D eigenvalue weighted by Gasteiger charge is 2.25. The maximum absolute atomic E-state index is 13.1. The number of methoxy groups -OCH3 is 1. The molecular formula is C26H38FN3O3. The van der Waals surface area contributed by atoms with Gasteiger partial charge in [-0.25, -0.2) is 4.39 Å². The number of carbonyl (C=O) groups excluding carboxylic acids is 1. The molecule has 3 rings (SSSR count). The van der Waals surface area contributed by atoms with Gasteiger partial charge in [0.05, 0.1) is 30.8 Å². The van der Waals surface area contributed by atoms with Gasteiger partial charge in [0.1, 0.15) is 11.6 Å². The number of Topliss-reactive ketones (excluding diaryl/α,β-unsaturated/α-hetero) is 1. The number of hydrogen-bond acceptors (Lipinski definition) is 6. The van der Waals surface area contributed by atoms with Crippen molar-refractivity contribution in [1.29, 1.82) is 0 Å². The number of nitrogens with one attached hydrogen (secondary N) is 1. The topological polar surface area (TPSA) is 87.8 Å². The molecule has 1 unspecified atom stereocenters. The van der Waals surface area contributed by atoms with E-state index in [0.717, 1.165) is 75.0 Å². The number of hydroxylamine groups is 1. The Morgan fingerprint density at radius 1 is 1.21 bits per heavy atom. The van der Waals surface area contributed by atoms with Gasteiger partial charge < -0.3 is 15.8 Å². The normalized spacial score (nSPS) is 18.0. The van der Waals surface area contributed by atoms with Crippen LogP contribution in [0.5, 0.6) is 0 Å². The second-order valence-electron chi connectivity index (χ2n) is 9.07. The minimum Gasteiger partial charge on any atom is -0.501 e.